The zero-order valence-corrected chi connectivity index (χ0v) is 13.3. The summed E-state index contributed by atoms with van der Waals surface area (Å²) < 4.78 is 2.91. The number of nitrogens with zero attached hydrogens (tertiary/aromatic N) is 2. The van der Waals surface area contributed by atoms with Gasteiger partial charge in [0, 0.05) is 16.2 Å². The second-order valence-corrected chi connectivity index (χ2v) is 5.76. The highest BCUT2D eigenvalue weighted by molar-refractivity contribution is 9.10. The first-order valence-electron chi connectivity index (χ1n) is 6.84. The summed E-state index contributed by atoms with van der Waals surface area (Å²) in [5, 5.41) is 5.10. The molecule has 0 spiro atoms. The fourth-order valence-electron chi connectivity index (χ4n) is 2.20. The number of hydrogen-bond donors (Lipinski definition) is 1. The van der Waals surface area contributed by atoms with Gasteiger partial charge in [-0.15, -0.1) is 0 Å². The number of amides is 1. The number of fused-ring (bicyclic) bond motifs is 1. The third kappa shape index (κ3) is 3.43. The SMILES string of the molecule is O=C(Cn1ccc2ccccc21)NN=Cc1ccc(Br)cc1. The maximum absolute atomic E-state index is 11.9. The molecule has 1 aromatic heterocycles. The van der Waals surface area contributed by atoms with Gasteiger partial charge in [-0.3, -0.25) is 4.79 Å². The van der Waals surface area contributed by atoms with Gasteiger partial charge < -0.3 is 4.57 Å². The van der Waals surface area contributed by atoms with Gasteiger partial charge in [0.25, 0.3) is 5.91 Å². The van der Waals surface area contributed by atoms with Gasteiger partial charge in [0.05, 0.1) is 6.21 Å². The molecule has 0 aliphatic heterocycles. The number of aromatic nitrogens is 1. The molecule has 0 atom stereocenters. The van der Waals surface area contributed by atoms with E-state index in [0.29, 0.717) is 0 Å². The number of benzene rings is 2. The van der Waals surface area contributed by atoms with Crippen LogP contribution in [0.5, 0.6) is 0 Å². The maximum atomic E-state index is 11.9. The van der Waals surface area contributed by atoms with Crippen molar-refractivity contribution in [1.29, 1.82) is 0 Å². The summed E-state index contributed by atoms with van der Waals surface area (Å²) in [6.07, 6.45) is 3.53. The number of para-hydroxylation sites is 1. The molecule has 5 heteroatoms. The zero-order valence-electron chi connectivity index (χ0n) is 11.7. The lowest BCUT2D eigenvalue weighted by molar-refractivity contribution is -0.121. The Morgan fingerprint density at radius 1 is 1.14 bits per heavy atom. The van der Waals surface area contributed by atoms with Crippen LogP contribution in [0.3, 0.4) is 0 Å². The number of carbonyl (C=O) groups excluding carboxylic acids is 1. The van der Waals surface area contributed by atoms with Gasteiger partial charge in [-0.05, 0) is 35.2 Å². The number of carbonyl (C=O) groups is 1. The van der Waals surface area contributed by atoms with E-state index in [1.165, 1.54) is 0 Å². The van der Waals surface area contributed by atoms with Crippen molar-refractivity contribution in [2.45, 2.75) is 6.54 Å². The van der Waals surface area contributed by atoms with E-state index in [4.69, 9.17) is 0 Å². The van der Waals surface area contributed by atoms with Crippen LogP contribution >= 0.6 is 15.9 Å². The van der Waals surface area contributed by atoms with E-state index in [9.17, 15) is 4.79 Å². The Labute approximate surface area is 136 Å². The van der Waals surface area contributed by atoms with Crippen LogP contribution in [-0.4, -0.2) is 16.7 Å². The van der Waals surface area contributed by atoms with Crippen LogP contribution in [0, 0.1) is 0 Å². The summed E-state index contributed by atoms with van der Waals surface area (Å²) in [7, 11) is 0. The minimum Gasteiger partial charge on any atom is -0.338 e. The summed E-state index contributed by atoms with van der Waals surface area (Å²) in [6.45, 7) is 0.241. The second kappa shape index (κ2) is 6.58. The van der Waals surface area contributed by atoms with E-state index in [-0.39, 0.29) is 12.5 Å². The van der Waals surface area contributed by atoms with Crippen molar-refractivity contribution in [3.8, 4) is 0 Å². The Morgan fingerprint density at radius 2 is 1.91 bits per heavy atom. The summed E-state index contributed by atoms with van der Waals surface area (Å²) in [4.78, 5) is 11.9. The molecule has 0 fully saturated rings. The molecule has 22 heavy (non-hydrogen) atoms. The molecule has 1 amide bonds. The molecule has 3 aromatic rings. The van der Waals surface area contributed by atoms with Crippen molar-refractivity contribution in [3.63, 3.8) is 0 Å². The van der Waals surface area contributed by atoms with Crippen LogP contribution < -0.4 is 5.43 Å². The van der Waals surface area contributed by atoms with E-state index in [2.05, 4.69) is 26.5 Å². The highest BCUT2D eigenvalue weighted by Gasteiger charge is 2.04. The molecule has 2 aromatic carbocycles. The first-order chi connectivity index (χ1) is 10.7. The van der Waals surface area contributed by atoms with Crippen LogP contribution in [0.2, 0.25) is 0 Å². The maximum Gasteiger partial charge on any atom is 0.259 e. The third-order valence-corrected chi connectivity index (χ3v) is 3.80. The van der Waals surface area contributed by atoms with Gasteiger partial charge in [-0.2, -0.15) is 5.10 Å². The molecule has 3 rings (SSSR count). The molecule has 4 nitrogen and oxygen atoms in total. The van der Waals surface area contributed by atoms with Crippen molar-refractivity contribution in [2.24, 2.45) is 5.10 Å². The summed E-state index contributed by atoms with van der Waals surface area (Å²) in [5.74, 6) is -0.158. The number of rotatable bonds is 4. The van der Waals surface area contributed by atoms with Gasteiger partial charge in [-0.1, -0.05) is 46.3 Å². The molecule has 0 bridgehead atoms. The molecule has 0 aliphatic rings. The van der Waals surface area contributed by atoms with E-state index in [1.54, 1.807) is 6.21 Å². The Kier molecular flexibility index (Phi) is 4.34. The molecular weight excluding hydrogens is 342 g/mol. The number of nitrogens with one attached hydrogen (secondary N) is 1. The average Bonchev–Trinajstić information content (AvgIpc) is 2.93. The zero-order chi connectivity index (χ0) is 15.4. The van der Waals surface area contributed by atoms with E-state index < -0.39 is 0 Å². The van der Waals surface area contributed by atoms with Crippen LogP contribution in [0.4, 0.5) is 0 Å². The summed E-state index contributed by atoms with van der Waals surface area (Å²) in [5.41, 5.74) is 4.51. The van der Waals surface area contributed by atoms with Crippen LogP contribution in [0.1, 0.15) is 5.56 Å². The molecule has 0 saturated carbocycles. The minimum absolute atomic E-state index is 0.158. The molecular formula is C17H14BrN3O. The monoisotopic (exact) mass is 355 g/mol. The minimum atomic E-state index is -0.158. The lowest BCUT2D eigenvalue weighted by Crippen LogP contribution is -2.22. The highest BCUT2D eigenvalue weighted by atomic mass is 79.9. The normalized spacial score (nSPS) is 11.1. The van der Waals surface area contributed by atoms with Crippen molar-refractivity contribution >= 4 is 39.0 Å². The molecule has 1 N–H and O–H groups in total. The fourth-order valence-corrected chi connectivity index (χ4v) is 2.46. The second-order valence-electron chi connectivity index (χ2n) is 4.85. The first-order valence-corrected chi connectivity index (χ1v) is 7.63. The van der Waals surface area contributed by atoms with E-state index in [1.807, 2.05) is 65.4 Å². The van der Waals surface area contributed by atoms with Gasteiger partial charge in [0.15, 0.2) is 0 Å². The smallest absolute Gasteiger partial charge is 0.259 e. The number of hydrogen-bond acceptors (Lipinski definition) is 2. The fraction of sp³-hybridized carbons (Fsp3) is 0.0588. The standard InChI is InChI=1S/C17H14BrN3O/c18-15-7-5-13(6-8-15)11-19-20-17(22)12-21-10-9-14-3-1-2-4-16(14)21/h1-11H,12H2,(H,20,22). The predicted octanol–water partition coefficient (Wildman–Crippen LogP) is 3.55. The van der Waals surface area contributed by atoms with Gasteiger partial charge in [-0.25, -0.2) is 5.43 Å². The Morgan fingerprint density at radius 3 is 2.73 bits per heavy atom. The Balaban J connectivity index is 1.62. The number of halogens is 1. The lowest BCUT2D eigenvalue weighted by atomic mass is 10.2. The lowest BCUT2D eigenvalue weighted by Gasteiger charge is -2.04. The van der Waals surface area contributed by atoms with Gasteiger partial charge in [0.2, 0.25) is 0 Å². The van der Waals surface area contributed by atoms with E-state index in [0.717, 1.165) is 20.9 Å². The molecule has 110 valence electrons. The average molecular weight is 356 g/mol. The largest absolute Gasteiger partial charge is 0.338 e. The van der Waals surface area contributed by atoms with Crippen molar-refractivity contribution in [2.75, 3.05) is 0 Å². The van der Waals surface area contributed by atoms with Gasteiger partial charge >= 0.3 is 0 Å². The quantitative estimate of drug-likeness (QED) is 0.564. The third-order valence-electron chi connectivity index (χ3n) is 3.27. The first kappa shape index (κ1) is 14.5. The van der Waals surface area contributed by atoms with Crippen molar-refractivity contribution in [1.82, 2.24) is 9.99 Å². The Bertz CT molecular complexity index is 821. The van der Waals surface area contributed by atoms with Crippen LogP contribution in [0.15, 0.2) is 70.4 Å². The molecule has 0 aliphatic carbocycles. The molecule has 0 radical (unpaired) electrons. The van der Waals surface area contributed by atoms with E-state index >= 15 is 0 Å². The summed E-state index contributed by atoms with van der Waals surface area (Å²) in [6, 6.07) is 17.6. The molecule has 0 unspecified atom stereocenters. The predicted molar refractivity (Wildman–Crippen MR) is 91.8 cm³/mol. The summed E-state index contributed by atoms with van der Waals surface area (Å²) >= 11 is 3.37. The topological polar surface area (TPSA) is 46.4 Å². The van der Waals surface area contributed by atoms with Crippen molar-refractivity contribution < 1.29 is 4.79 Å². The molecule has 1 heterocycles. The van der Waals surface area contributed by atoms with Gasteiger partial charge in [0.1, 0.15) is 6.54 Å². The van der Waals surface area contributed by atoms with Crippen LogP contribution in [0.25, 0.3) is 10.9 Å². The Hall–Kier alpha value is -2.40. The number of hydrazone groups is 1. The van der Waals surface area contributed by atoms with Crippen molar-refractivity contribution in [3.05, 3.63) is 70.8 Å². The van der Waals surface area contributed by atoms with Crippen LogP contribution in [-0.2, 0) is 11.3 Å². The highest BCUT2D eigenvalue weighted by Crippen LogP contribution is 2.14. The molecule has 0 saturated heterocycles.